The third-order valence-corrected chi connectivity index (χ3v) is 4.78. The number of rotatable bonds is 5. The summed E-state index contributed by atoms with van der Waals surface area (Å²) in [7, 11) is 1.73. The molecule has 0 spiro atoms. The van der Waals surface area contributed by atoms with E-state index in [1.807, 2.05) is 0 Å². The number of nitrogens with one attached hydrogen (secondary N) is 1. The predicted octanol–water partition coefficient (Wildman–Crippen LogP) is 3.68. The number of aryl methyl sites for hydroxylation is 1. The van der Waals surface area contributed by atoms with Crippen LogP contribution in [0.3, 0.4) is 0 Å². The topological polar surface area (TPSA) is 30.5 Å². The summed E-state index contributed by atoms with van der Waals surface area (Å²) in [4.78, 5) is 1.38. The predicted molar refractivity (Wildman–Crippen MR) is 86.4 cm³/mol. The third-order valence-electron chi connectivity index (χ3n) is 3.90. The van der Waals surface area contributed by atoms with E-state index in [4.69, 9.17) is 9.47 Å². The van der Waals surface area contributed by atoms with Crippen molar-refractivity contribution in [1.82, 2.24) is 5.32 Å². The largest absolute Gasteiger partial charge is 0.496 e. The van der Waals surface area contributed by atoms with Crippen molar-refractivity contribution >= 4 is 11.3 Å². The van der Waals surface area contributed by atoms with Gasteiger partial charge in [-0.2, -0.15) is 0 Å². The van der Waals surface area contributed by atoms with Crippen LogP contribution in [-0.4, -0.2) is 13.2 Å². The van der Waals surface area contributed by atoms with Gasteiger partial charge in [-0.1, -0.05) is 0 Å². The summed E-state index contributed by atoms with van der Waals surface area (Å²) in [6, 6.07) is 6.41. The maximum atomic E-state index is 5.84. The van der Waals surface area contributed by atoms with Crippen LogP contribution in [0.15, 0.2) is 23.6 Å². The van der Waals surface area contributed by atoms with Crippen molar-refractivity contribution in [3.8, 4) is 11.5 Å². The van der Waals surface area contributed by atoms with E-state index < -0.39 is 0 Å². The van der Waals surface area contributed by atoms with Crippen LogP contribution in [0.1, 0.15) is 28.5 Å². The second-order valence-corrected chi connectivity index (χ2v) is 6.63. The normalized spacial score (nSPS) is 16.6. The van der Waals surface area contributed by atoms with E-state index in [0.29, 0.717) is 0 Å². The Kier molecular flexibility index (Phi) is 4.17. The van der Waals surface area contributed by atoms with Crippen molar-refractivity contribution in [3.63, 3.8) is 0 Å². The number of hydrogen-bond acceptors (Lipinski definition) is 4. The third kappa shape index (κ3) is 3.06. The summed E-state index contributed by atoms with van der Waals surface area (Å²) in [5.74, 6) is 1.95. The van der Waals surface area contributed by atoms with Crippen molar-refractivity contribution in [3.05, 3.63) is 45.1 Å². The highest BCUT2D eigenvalue weighted by molar-refractivity contribution is 7.10. The Labute approximate surface area is 129 Å². The summed E-state index contributed by atoms with van der Waals surface area (Å²) in [5.41, 5.74) is 3.76. The SMILES string of the molecule is COc1cc2c(cc1CNCc1ccsc1C)OC(C)C2. The number of hydrogen-bond donors (Lipinski definition) is 1. The Morgan fingerprint density at radius 1 is 1.33 bits per heavy atom. The molecule has 2 aromatic rings. The second kappa shape index (κ2) is 6.08. The molecular weight excluding hydrogens is 282 g/mol. The van der Waals surface area contributed by atoms with Gasteiger partial charge in [-0.15, -0.1) is 11.3 Å². The summed E-state index contributed by atoms with van der Waals surface area (Å²) in [5, 5.41) is 5.63. The molecule has 2 heterocycles. The van der Waals surface area contributed by atoms with Crippen molar-refractivity contribution < 1.29 is 9.47 Å². The van der Waals surface area contributed by atoms with Gasteiger partial charge in [-0.25, -0.2) is 0 Å². The molecule has 0 fully saturated rings. The summed E-state index contributed by atoms with van der Waals surface area (Å²) < 4.78 is 11.4. The summed E-state index contributed by atoms with van der Waals surface area (Å²) >= 11 is 1.79. The highest BCUT2D eigenvalue weighted by Gasteiger charge is 2.21. The molecule has 1 unspecified atom stereocenters. The van der Waals surface area contributed by atoms with Gasteiger partial charge in [0.1, 0.15) is 17.6 Å². The standard InChI is InChI=1S/C17H21NO2S/c1-11-6-14-7-16(19-3)15(8-17(14)20-11)10-18-9-13-4-5-21-12(13)2/h4-5,7-8,11,18H,6,9-10H2,1-3H3. The molecule has 3 rings (SSSR count). The van der Waals surface area contributed by atoms with Gasteiger partial charge in [0.25, 0.3) is 0 Å². The summed E-state index contributed by atoms with van der Waals surface area (Å²) in [6.45, 7) is 5.92. The number of methoxy groups -OCH3 is 1. The zero-order valence-electron chi connectivity index (χ0n) is 12.7. The number of ether oxygens (including phenoxy) is 2. The van der Waals surface area contributed by atoms with E-state index in [1.165, 1.54) is 16.0 Å². The molecule has 1 aromatic carbocycles. The van der Waals surface area contributed by atoms with E-state index in [1.54, 1.807) is 18.4 Å². The van der Waals surface area contributed by atoms with Crippen molar-refractivity contribution in [2.75, 3.05) is 7.11 Å². The van der Waals surface area contributed by atoms with Crippen LogP contribution in [-0.2, 0) is 19.5 Å². The highest BCUT2D eigenvalue weighted by Crippen LogP contribution is 2.34. The van der Waals surface area contributed by atoms with Crippen molar-refractivity contribution in [2.24, 2.45) is 0 Å². The van der Waals surface area contributed by atoms with Crippen molar-refractivity contribution in [1.29, 1.82) is 0 Å². The Bertz CT molecular complexity index is 636. The first-order valence-electron chi connectivity index (χ1n) is 7.27. The van der Waals surface area contributed by atoms with Crippen LogP contribution in [0.5, 0.6) is 11.5 Å². The Morgan fingerprint density at radius 3 is 2.86 bits per heavy atom. The fraction of sp³-hybridized carbons (Fsp3) is 0.412. The molecule has 1 aliphatic rings. The van der Waals surface area contributed by atoms with Gasteiger partial charge >= 0.3 is 0 Å². The lowest BCUT2D eigenvalue weighted by Crippen LogP contribution is -2.13. The molecular formula is C17H21NO2S. The molecule has 0 radical (unpaired) electrons. The molecule has 21 heavy (non-hydrogen) atoms. The van der Waals surface area contributed by atoms with E-state index in [2.05, 4.69) is 42.7 Å². The Balaban J connectivity index is 1.70. The summed E-state index contributed by atoms with van der Waals surface area (Å²) in [6.07, 6.45) is 1.23. The highest BCUT2D eigenvalue weighted by atomic mass is 32.1. The lowest BCUT2D eigenvalue weighted by atomic mass is 10.1. The van der Waals surface area contributed by atoms with Crippen molar-refractivity contribution in [2.45, 2.75) is 39.5 Å². The first-order chi connectivity index (χ1) is 10.2. The molecule has 112 valence electrons. The molecule has 4 heteroatoms. The number of thiophene rings is 1. The molecule has 1 aliphatic heterocycles. The van der Waals surface area contributed by atoms with E-state index in [-0.39, 0.29) is 6.10 Å². The van der Waals surface area contributed by atoms with Crippen LogP contribution in [0.4, 0.5) is 0 Å². The van der Waals surface area contributed by atoms with Gasteiger partial charge in [0.05, 0.1) is 7.11 Å². The lowest BCUT2D eigenvalue weighted by Gasteiger charge is -2.12. The monoisotopic (exact) mass is 303 g/mol. The molecule has 1 atom stereocenters. The van der Waals surface area contributed by atoms with E-state index in [9.17, 15) is 0 Å². The van der Waals surface area contributed by atoms with Gasteiger partial charge in [-0.05, 0) is 43.0 Å². The molecule has 1 N–H and O–H groups in total. The first-order valence-corrected chi connectivity index (χ1v) is 8.15. The molecule has 0 aliphatic carbocycles. The minimum absolute atomic E-state index is 0.265. The fourth-order valence-electron chi connectivity index (χ4n) is 2.74. The average molecular weight is 303 g/mol. The smallest absolute Gasteiger partial charge is 0.123 e. The number of benzene rings is 1. The van der Waals surface area contributed by atoms with Crippen LogP contribution in [0, 0.1) is 6.92 Å². The molecule has 0 saturated carbocycles. The zero-order chi connectivity index (χ0) is 14.8. The van der Waals surface area contributed by atoms with Gasteiger partial charge in [0.2, 0.25) is 0 Å². The maximum Gasteiger partial charge on any atom is 0.123 e. The molecule has 0 amide bonds. The Morgan fingerprint density at radius 2 is 2.14 bits per heavy atom. The molecule has 0 saturated heterocycles. The van der Waals surface area contributed by atoms with E-state index in [0.717, 1.165) is 36.6 Å². The minimum Gasteiger partial charge on any atom is -0.496 e. The Hall–Kier alpha value is -1.52. The first kappa shape index (κ1) is 14.4. The van der Waals surface area contributed by atoms with Crippen LogP contribution in [0.2, 0.25) is 0 Å². The van der Waals surface area contributed by atoms with Gasteiger partial charge < -0.3 is 14.8 Å². The fourth-order valence-corrected chi connectivity index (χ4v) is 3.46. The minimum atomic E-state index is 0.265. The molecule has 1 aromatic heterocycles. The van der Waals surface area contributed by atoms with Crippen LogP contribution < -0.4 is 14.8 Å². The maximum absolute atomic E-state index is 5.84. The van der Waals surface area contributed by atoms with Gasteiger partial charge in [0.15, 0.2) is 0 Å². The zero-order valence-corrected chi connectivity index (χ0v) is 13.5. The molecule has 3 nitrogen and oxygen atoms in total. The van der Waals surface area contributed by atoms with Gasteiger partial charge in [-0.3, -0.25) is 0 Å². The van der Waals surface area contributed by atoms with Gasteiger partial charge in [0, 0.05) is 35.5 Å². The van der Waals surface area contributed by atoms with Crippen LogP contribution >= 0.6 is 11.3 Å². The average Bonchev–Trinajstić information content (AvgIpc) is 3.02. The van der Waals surface area contributed by atoms with Crippen LogP contribution in [0.25, 0.3) is 0 Å². The number of fused-ring (bicyclic) bond motifs is 1. The second-order valence-electron chi connectivity index (χ2n) is 5.51. The molecule has 0 bridgehead atoms. The lowest BCUT2D eigenvalue weighted by molar-refractivity contribution is 0.254. The van der Waals surface area contributed by atoms with E-state index >= 15 is 0 Å². The quantitative estimate of drug-likeness (QED) is 0.914.